The van der Waals surface area contributed by atoms with E-state index in [1.54, 1.807) is 24.4 Å². The topological polar surface area (TPSA) is 59.9 Å². The van der Waals surface area contributed by atoms with Crippen LogP contribution in [0.3, 0.4) is 0 Å². The third-order valence-electron chi connectivity index (χ3n) is 3.09. The number of benzene rings is 2. The van der Waals surface area contributed by atoms with Crippen molar-refractivity contribution < 1.29 is 14.3 Å². The number of ether oxygens (including phenoxy) is 2. The van der Waals surface area contributed by atoms with E-state index in [0.717, 1.165) is 5.56 Å². The molecular weight excluding hydrogens is 268 g/mol. The first-order valence-corrected chi connectivity index (χ1v) is 6.52. The number of fused-ring (bicyclic) bond motifs is 1. The maximum atomic E-state index is 12.0. The van der Waals surface area contributed by atoms with E-state index < -0.39 is 0 Å². The van der Waals surface area contributed by atoms with Gasteiger partial charge in [-0.05, 0) is 30.7 Å². The van der Waals surface area contributed by atoms with Gasteiger partial charge in [-0.15, -0.1) is 0 Å². The van der Waals surface area contributed by atoms with Gasteiger partial charge in [0.2, 0.25) is 6.79 Å². The molecule has 0 spiro atoms. The number of aryl methyl sites for hydroxylation is 1. The number of hydrogen-bond donors (Lipinski definition) is 1. The van der Waals surface area contributed by atoms with Crippen LogP contribution in [-0.4, -0.2) is 18.9 Å². The summed E-state index contributed by atoms with van der Waals surface area (Å²) in [4.78, 5) is 12.0. The van der Waals surface area contributed by atoms with Crippen LogP contribution in [0.2, 0.25) is 0 Å². The molecule has 3 rings (SSSR count). The maximum absolute atomic E-state index is 12.0. The molecule has 1 aliphatic heterocycles. The molecule has 1 N–H and O–H groups in total. The Hall–Kier alpha value is -2.82. The minimum atomic E-state index is -0.295. The number of nitrogens with zero attached hydrogens (tertiary/aromatic N) is 1. The molecule has 0 atom stereocenters. The van der Waals surface area contributed by atoms with E-state index in [2.05, 4.69) is 10.5 Å². The Balaban J connectivity index is 1.65. The second kappa shape index (κ2) is 5.66. The lowest BCUT2D eigenvalue weighted by Crippen LogP contribution is -2.17. The zero-order valence-corrected chi connectivity index (χ0v) is 11.5. The molecule has 0 saturated carbocycles. The minimum Gasteiger partial charge on any atom is -0.454 e. The van der Waals surface area contributed by atoms with Crippen LogP contribution in [0.4, 0.5) is 0 Å². The standard InChI is InChI=1S/C16H14N2O3/c1-11-2-4-12(5-3-11)9-17-18-16(19)13-6-7-14-15(8-13)21-10-20-14/h2-9H,10H2,1H3,(H,18,19)/b17-9-. The first-order valence-electron chi connectivity index (χ1n) is 6.52. The van der Waals surface area contributed by atoms with E-state index in [4.69, 9.17) is 9.47 Å². The van der Waals surface area contributed by atoms with Crippen molar-refractivity contribution in [3.63, 3.8) is 0 Å². The van der Waals surface area contributed by atoms with E-state index in [-0.39, 0.29) is 12.7 Å². The fraction of sp³-hybridized carbons (Fsp3) is 0.125. The Bertz CT molecular complexity index is 693. The highest BCUT2D eigenvalue weighted by Crippen LogP contribution is 2.32. The van der Waals surface area contributed by atoms with Gasteiger partial charge in [-0.1, -0.05) is 29.8 Å². The van der Waals surface area contributed by atoms with Gasteiger partial charge in [-0.25, -0.2) is 5.43 Å². The van der Waals surface area contributed by atoms with Crippen LogP contribution < -0.4 is 14.9 Å². The molecule has 0 unspecified atom stereocenters. The minimum absolute atomic E-state index is 0.186. The third-order valence-corrected chi connectivity index (χ3v) is 3.09. The van der Waals surface area contributed by atoms with Gasteiger partial charge >= 0.3 is 0 Å². The summed E-state index contributed by atoms with van der Waals surface area (Å²) < 4.78 is 10.4. The van der Waals surface area contributed by atoms with Crippen molar-refractivity contribution in [1.82, 2.24) is 5.43 Å². The van der Waals surface area contributed by atoms with Crippen LogP contribution in [0.5, 0.6) is 11.5 Å². The molecule has 0 aromatic heterocycles. The molecular formula is C16H14N2O3. The molecule has 0 fully saturated rings. The Morgan fingerprint density at radius 2 is 1.90 bits per heavy atom. The van der Waals surface area contributed by atoms with E-state index >= 15 is 0 Å². The Morgan fingerprint density at radius 1 is 1.14 bits per heavy atom. The molecule has 1 heterocycles. The van der Waals surface area contributed by atoms with Crippen molar-refractivity contribution in [2.24, 2.45) is 5.10 Å². The Morgan fingerprint density at radius 3 is 2.71 bits per heavy atom. The summed E-state index contributed by atoms with van der Waals surface area (Å²) in [6, 6.07) is 12.9. The fourth-order valence-corrected chi connectivity index (χ4v) is 1.92. The average molecular weight is 282 g/mol. The molecule has 1 aliphatic rings. The molecule has 0 aliphatic carbocycles. The van der Waals surface area contributed by atoms with Gasteiger partial charge in [-0.2, -0.15) is 5.10 Å². The van der Waals surface area contributed by atoms with Gasteiger partial charge in [0.15, 0.2) is 11.5 Å². The average Bonchev–Trinajstić information content (AvgIpc) is 2.96. The first kappa shape index (κ1) is 13.2. The van der Waals surface area contributed by atoms with Crippen molar-refractivity contribution in [2.75, 3.05) is 6.79 Å². The third kappa shape index (κ3) is 3.02. The van der Waals surface area contributed by atoms with Gasteiger partial charge in [0.25, 0.3) is 5.91 Å². The molecule has 2 aromatic rings. The molecule has 0 saturated heterocycles. The highest BCUT2D eigenvalue weighted by Gasteiger charge is 2.15. The highest BCUT2D eigenvalue weighted by atomic mass is 16.7. The highest BCUT2D eigenvalue weighted by molar-refractivity contribution is 5.95. The van der Waals surface area contributed by atoms with Crippen LogP contribution in [0.1, 0.15) is 21.5 Å². The lowest BCUT2D eigenvalue weighted by molar-refractivity contribution is 0.0954. The number of amides is 1. The molecule has 2 aromatic carbocycles. The molecule has 106 valence electrons. The van der Waals surface area contributed by atoms with Crippen molar-refractivity contribution in [3.8, 4) is 11.5 Å². The summed E-state index contributed by atoms with van der Waals surface area (Å²) in [5.74, 6) is 0.927. The zero-order chi connectivity index (χ0) is 14.7. The normalized spacial score (nSPS) is 12.6. The van der Waals surface area contributed by atoms with Crippen molar-refractivity contribution in [2.45, 2.75) is 6.92 Å². The molecule has 0 bridgehead atoms. The summed E-state index contributed by atoms with van der Waals surface area (Å²) in [5.41, 5.74) is 5.06. The predicted octanol–water partition coefficient (Wildman–Crippen LogP) is 2.49. The summed E-state index contributed by atoms with van der Waals surface area (Å²) in [6.45, 7) is 2.20. The number of carbonyl (C=O) groups is 1. The van der Waals surface area contributed by atoms with Crippen LogP contribution in [0, 0.1) is 6.92 Å². The largest absolute Gasteiger partial charge is 0.454 e. The van der Waals surface area contributed by atoms with Gasteiger partial charge in [0.05, 0.1) is 6.21 Å². The van der Waals surface area contributed by atoms with E-state index in [1.807, 2.05) is 31.2 Å². The van der Waals surface area contributed by atoms with Crippen molar-refractivity contribution in [3.05, 3.63) is 59.2 Å². The van der Waals surface area contributed by atoms with Gasteiger partial charge in [0, 0.05) is 5.56 Å². The van der Waals surface area contributed by atoms with E-state index in [0.29, 0.717) is 17.1 Å². The summed E-state index contributed by atoms with van der Waals surface area (Å²) in [7, 11) is 0. The maximum Gasteiger partial charge on any atom is 0.271 e. The number of nitrogens with one attached hydrogen (secondary N) is 1. The fourth-order valence-electron chi connectivity index (χ4n) is 1.92. The van der Waals surface area contributed by atoms with Crippen molar-refractivity contribution >= 4 is 12.1 Å². The number of carbonyl (C=O) groups excluding carboxylic acids is 1. The van der Waals surface area contributed by atoms with Gasteiger partial charge in [0.1, 0.15) is 0 Å². The SMILES string of the molecule is Cc1ccc(/C=N\NC(=O)c2ccc3c(c2)OCO3)cc1. The summed E-state index contributed by atoms with van der Waals surface area (Å²) in [5, 5.41) is 3.94. The van der Waals surface area contributed by atoms with Crippen LogP contribution >= 0.6 is 0 Å². The Labute approximate surface area is 122 Å². The number of hydrazone groups is 1. The van der Waals surface area contributed by atoms with E-state index in [9.17, 15) is 4.79 Å². The lowest BCUT2D eigenvalue weighted by atomic mass is 10.2. The first-order chi connectivity index (χ1) is 10.2. The number of hydrogen-bond acceptors (Lipinski definition) is 4. The number of rotatable bonds is 3. The van der Waals surface area contributed by atoms with Crippen LogP contribution in [-0.2, 0) is 0 Å². The molecule has 21 heavy (non-hydrogen) atoms. The van der Waals surface area contributed by atoms with Crippen molar-refractivity contribution in [1.29, 1.82) is 0 Å². The quantitative estimate of drug-likeness (QED) is 0.695. The van der Waals surface area contributed by atoms with Gasteiger partial charge < -0.3 is 9.47 Å². The van der Waals surface area contributed by atoms with Crippen LogP contribution in [0.15, 0.2) is 47.6 Å². The van der Waals surface area contributed by atoms with Crippen LogP contribution in [0.25, 0.3) is 0 Å². The smallest absolute Gasteiger partial charge is 0.271 e. The molecule has 5 nitrogen and oxygen atoms in total. The monoisotopic (exact) mass is 282 g/mol. The zero-order valence-electron chi connectivity index (χ0n) is 11.5. The summed E-state index contributed by atoms with van der Waals surface area (Å²) >= 11 is 0. The summed E-state index contributed by atoms with van der Waals surface area (Å²) in [6.07, 6.45) is 1.60. The Kier molecular flexibility index (Phi) is 3.55. The second-order valence-electron chi connectivity index (χ2n) is 4.68. The lowest BCUT2D eigenvalue weighted by Gasteiger charge is -2.01. The van der Waals surface area contributed by atoms with Gasteiger partial charge in [-0.3, -0.25) is 4.79 Å². The predicted molar refractivity (Wildman–Crippen MR) is 78.8 cm³/mol. The van der Waals surface area contributed by atoms with E-state index in [1.165, 1.54) is 5.56 Å². The molecule has 1 amide bonds. The second-order valence-corrected chi connectivity index (χ2v) is 4.68. The molecule has 0 radical (unpaired) electrons. The molecule has 5 heteroatoms.